The van der Waals surface area contributed by atoms with Crippen LogP contribution in [0.15, 0.2) is 42.5 Å². The maximum Gasteiger partial charge on any atom is 0.430 e. The van der Waals surface area contributed by atoms with E-state index >= 15 is 0 Å². The lowest BCUT2D eigenvalue weighted by Crippen LogP contribution is -2.62. The number of benzene rings is 2. The van der Waals surface area contributed by atoms with Crippen LogP contribution in [0.2, 0.25) is 10.0 Å². The van der Waals surface area contributed by atoms with E-state index in [0.29, 0.717) is 5.75 Å². The third-order valence-corrected chi connectivity index (χ3v) is 7.59. The van der Waals surface area contributed by atoms with Crippen molar-refractivity contribution in [2.24, 2.45) is 0 Å². The lowest BCUT2D eigenvalue weighted by Gasteiger charge is -2.49. The van der Waals surface area contributed by atoms with Gasteiger partial charge < -0.3 is 24.8 Å². The van der Waals surface area contributed by atoms with Crippen molar-refractivity contribution in [2.45, 2.75) is 36.1 Å². The number of nitrogens with one attached hydrogen (secondary N) is 1. The molecule has 2 aromatic carbocycles. The topological polar surface area (TPSA) is 88.1 Å². The Kier molecular flexibility index (Phi) is 7.07. The Balaban J connectivity index is 1.63. The monoisotopic (exact) mass is 546 g/mol. The number of alkyl halides is 3. The van der Waals surface area contributed by atoms with Gasteiger partial charge in [-0.1, -0.05) is 47.5 Å². The fourth-order valence-corrected chi connectivity index (χ4v) is 5.21. The zero-order valence-corrected chi connectivity index (χ0v) is 20.6. The summed E-state index contributed by atoms with van der Waals surface area (Å²) in [7, 11) is 1.51. The number of aliphatic hydroxyl groups is 1. The molecule has 2 aromatic rings. The van der Waals surface area contributed by atoms with Crippen molar-refractivity contribution in [3.8, 4) is 5.75 Å². The van der Waals surface area contributed by atoms with E-state index in [9.17, 15) is 27.9 Å². The average Bonchev–Trinajstić information content (AvgIpc) is 2.84. The first-order valence-corrected chi connectivity index (χ1v) is 11.8. The van der Waals surface area contributed by atoms with Gasteiger partial charge in [-0.15, -0.1) is 0 Å². The van der Waals surface area contributed by atoms with Crippen molar-refractivity contribution in [3.63, 3.8) is 0 Å². The van der Waals surface area contributed by atoms with Crippen LogP contribution in [-0.2, 0) is 15.1 Å². The summed E-state index contributed by atoms with van der Waals surface area (Å²) < 4.78 is 53.6. The van der Waals surface area contributed by atoms with Crippen molar-refractivity contribution in [3.05, 3.63) is 63.6 Å². The third-order valence-electron chi connectivity index (χ3n) is 6.85. The summed E-state index contributed by atoms with van der Waals surface area (Å²) in [6.45, 7) is -0.141. The van der Waals surface area contributed by atoms with Crippen molar-refractivity contribution >= 4 is 35.2 Å². The first-order valence-electron chi connectivity index (χ1n) is 11.1. The molecule has 36 heavy (non-hydrogen) atoms. The summed E-state index contributed by atoms with van der Waals surface area (Å²) in [6, 6.07) is 10.0. The Bertz CT molecular complexity index is 1170. The standard InChI is InChI=1S/C24H23Cl2F3N2O5/c1-35-19-5-3-2-4-15(19)16-13-30-21(33)36-22(16)8-10-31(11-9-22)20(32)23(34,24(27,28)29)14-6-7-17(25)18(26)12-14/h2-7,12,16,34H,8-11,13H2,1H3,(H,30,33). The minimum Gasteiger partial charge on any atom is -0.496 e. The molecular weight excluding hydrogens is 524 g/mol. The number of piperidine rings is 1. The SMILES string of the molecule is COc1ccccc1C1CNC(=O)OC12CCN(C(=O)C(O)(c1ccc(Cl)c(Cl)c1)C(F)(F)F)CC2. The van der Waals surface area contributed by atoms with E-state index in [2.05, 4.69) is 5.32 Å². The number of methoxy groups -OCH3 is 1. The number of alkyl carbamates (subject to hydrolysis) is 1. The summed E-state index contributed by atoms with van der Waals surface area (Å²) >= 11 is 11.7. The molecule has 1 spiro atoms. The van der Waals surface area contributed by atoms with Gasteiger partial charge in [0.25, 0.3) is 11.5 Å². The number of rotatable bonds is 4. The Morgan fingerprint density at radius 2 is 1.83 bits per heavy atom. The molecule has 0 bridgehead atoms. The maximum absolute atomic E-state index is 14.1. The molecule has 2 fully saturated rings. The van der Waals surface area contributed by atoms with E-state index < -0.39 is 34.9 Å². The van der Waals surface area contributed by atoms with Crippen LogP contribution >= 0.6 is 23.2 Å². The molecule has 0 aliphatic carbocycles. The summed E-state index contributed by atoms with van der Waals surface area (Å²) in [6.07, 6.45) is -5.87. The Labute approximate surface area is 215 Å². The predicted molar refractivity (Wildman–Crippen MR) is 125 cm³/mol. The first-order chi connectivity index (χ1) is 16.9. The number of hydrogen-bond donors (Lipinski definition) is 2. The molecule has 0 aromatic heterocycles. The van der Waals surface area contributed by atoms with Crippen LogP contribution in [0.1, 0.15) is 29.9 Å². The molecule has 2 unspecified atom stereocenters. The third kappa shape index (κ3) is 4.46. The molecule has 12 heteroatoms. The van der Waals surface area contributed by atoms with Crippen molar-refractivity contribution in [1.29, 1.82) is 0 Å². The van der Waals surface area contributed by atoms with Gasteiger partial charge in [0.2, 0.25) is 0 Å². The minimum absolute atomic E-state index is 0.0209. The number of carbonyl (C=O) groups excluding carboxylic acids is 2. The fraction of sp³-hybridized carbons (Fsp3) is 0.417. The van der Waals surface area contributed by atoms with Crippen LogP contribution in [0.4, 0.5) is 18.0 Å². The van der Waals surface area contributed by atoms with Gasteiger partial charge in [0.15, 0.2) is 0 Å². The van der Waals surface area contributed by atoms with E-state index in [0.717, 1.165) is 28.7 Å². The highest BCUT2D eigenvalue weighted by molar-refractivity contribution is 6.42. The molecule has 2 amide bonds. The second-order valence-electron chi connectivity index (χ2n) is 8.76. The highest BCUT2D eigenvalue weighted by Gasteiger charge is 2.63. The predicted octanol–water partition coefficient (Wildman–Crippen LogP) is 4.64. The molecular formula is C24H23Cl2F3N2O5. The summed E-state index contributed by atoms with van der Waals surface area (Å²) in [5.74, 6) is -1.34. The van der Waals surface area contributed by atoms with Crippen LogP contribution < -0.4 is 10.1 Å². The molecule has 2 N–H and O–H groups in total. The molecule has 0 radical (unpaired) electrons. The lowest BCUT2D eigenvalue weighted by molar-refractivity contribution is -0.262. The smallest absolute Gasteiger partial charge is 0.430 e. The largest absolute Gasteiger partial charge is 0.496 e. The molecule has 4 rings (SSSR count). The Morgan fingerprint density at radius 1 is 1.17 bits per heavy atom. The molecule has 2 atom stereocenters. The fourth-order valence-electron chi connectivity index (χ4n) is 4.91. The zero-order valence-electron chi connectivity index (χ0n) is 19.1. The molecule has 2 aliphatic heterocycles. The number of ether oxygens (including phenoxy) is 2. The van der Waals surface area contributed by atoms with Gasteiger partial charge in [0.1, 0.15) is 11.4 Å². The lowest BCUT2D eigenvalue weighted by atomic mass is 9.74. The summed E-state index contributed by atoms with van der Waals surface area (Å²) in [4.78, 5) is 26.3. The van der Waals surface area contributed by atoms with Gasteiger partial charge >= 0.3 is 12.3 Å². The zero-order chi connectivity index (χ0) is 26.3. The molecule has 7 nitrogen and oxygen atoms in total. The summed E-state index contributed by atoms with van der Waals surface area (Å²) in [5, 5.41) is 13.2. The molecule has 2 heterocycles. The second kappa shape index (κ2) is 9.64. The highest BCUT2D eigenvalue weighted by atomic mass is 35.5. The molecule has 2 saturated heterocycles. The minimum atomic E-state index is -5.34. The number of hydrogen-bond acceptors (Lipinski definition) is 5. The number of likely N-dealkylation sites (tertiary alicyclic amines) is 1. The van der Waals surface area contributed by atoms with Gasteiger partial charge in [0, 0.05) is 49.5 Å². The first kappa shape index (κ1) is 26.4. The van der Waals surface area contributed by atoms with Crippen LogP contribution in [0.25, 0.3) is 0 Å². The van der Waals surface area contributed by atoms with Crippen molar-refractivity contribution in [1.82, 2.24) is 10.2 Å². The Hall–Kier alpha value is -2.69. The number of nitrogens with zero attached hydrogens (tertiary/aromatic N) is 1. The quantitative estimate of drug-likeness (QED) is 0.583. The van der Waals surface area contributed by atoms with Gasteiger partial charge in [0.05, 0.1) is 17.2 Å². The second-order valence-corrected chi connectivity index (χ2v) is 9.57. The maximum atomic E-state index is 14.1. The van der Waals surface area contributed by atoms with E-state index in [4.69, 9.17) is 32.7 Å². The van der Waals surface area contributed by atoms with Gasteiger partial charge in [-0.2, -0.15) is 13.2 Å². The molecule has 194 valence electrons. The van der Waals surface area contributed by atoms with Crippen molar-refractivity contribution < 1.29 is 37.3 Å². The molecule has 2 aliphatic rings. The van der Waals surface area contributed by atoms with Gasteiger partial charge in [-0.05, 0) is 18.2 Å². The normalized spacial score (nSPS) is 21.4. The number of carbonyl (C=O) groups is 2. The van der Waals surface area contributed by atoms with Crippen LogP contribution in [0.5, 0.6) is 5.75 Å². The van der Waals surface area contributed by atoms with Crippen LogP contribution in [-0.4, -0.2) is 60.5 Å². The van der Waals surface area contributed by atoms with Gasteiger partial charge in [-0.3, -0.25) is 4.79 Å². The van der Waals surface area contributed by atoms with Crippen molar-refractivity contribution in [2.75, 3.05) is 26.7 Å². The van der Waals surface area contributed by atoms with E-state index in [-0.39, 0.29) is 48.4 Å². The summed E-state index contributed by atoms with van der Waals surface area (Å²) in [5.41, 5.74) is -4.89. The van der Waals surface area contributed by atoms with Gasteiger partial charge in [-0.25, -0.2) is 4.79 Å². The molecule has 0 saturated carbocycles. The van der Waals surface area contributed by atoms with Crippen LogP contribution in [0, 0.1) is 0 Å². The average molecular weight is 547 g/mol. The van der Waals surface area contributed by atoms with E-state index in [1.165, 1.54) is 7.11 Å². The van der Waals surface area contributed by atoms with Crippen LogP contribution in [0.3, 0.4) is 0 Å². The highest BCUT2D eigenvalue weighted by Crippen LogP contribution is 2.47. The number of halogens is 5. The number of amides is 2. The Morgan fingerprint density at radius 3 is 2.44 bits per heavy atom. The number of para-hydroxylation sites is 1. The van der Waals surface area contributed by atoms with E-state index in [1.807, 2.05) is 6.07 Å². The van der Waals surface area contributed by atoms with E-state index in [1.54, 1.807) is 18.2 Å².